The fraction of sp³-hybridized carbons (Fsp3) is 0.551. The van der Waals surface area contributed by atoms with E-state index in [4.69, 9.17) is 13.7 Å². The van der Waals surface area contributed by atoms with Gasteiger partial charge < -0.3 is 19.4 Å². The standard InChI is InChI=1S/C49H57F5O7S2/c1-32-7-15-36(16-8-32)62(57)61-25-6-26-63(5,58)37-17-13-34(14-18-37)33-9-11-35(12-10-33)39-27-44(4)40(20-23-46(44,29-55)48(50,51)49(52,53)54)38-19-22-45(56)28-47(24-21-41(45)42(38)39)59-30-43(2,3)31-60-47/h7-18,26,29,38-40,56H,6,19-25,27-28,30-31H2,1-5H3. The molecule has 3 aromatic carbocycles. The lowest BCUT2D eigenvalue weighted by Crippen LogP contribution is -2.62. The van der Waals surface area contributed by atoms with E-state index in [-0.39, 0.29) is 44.0 Å². The van der Waals surface area contributed by atoms with Gasteiger partial charge in [0, 0.05) is 35.3 Å². The fourth-order valence-corrected chi connectivity index (χ4v) is 13.8. The largest absolute Gasteiger partial charge is 0.454 e. The van der Waals surface area contributed by atoms with Crippen LogP contribution in [0.25, 0.3) is 11.1 Å². The maximum absolute atomic E-state index is 15.9. The minimum atomic E-state index is -5.92. The number of aryl methyl sites for hydroxylation is 1. The Morgan fingerprint density at radius 1 is 0.889 bits per heavy atom. The molecule has 1 heterocycles. The lowest BCUT2D eigenvalue weighted by molar-refractivity contribution is -0.334. The molecule has 8 atom stereocenters. The van der Waals surface area contributed by atoms with Crippen LogP contribution >= 0.6 is 0 Å². The maximum atomic E-state index is 15.9. The van der Waals surface area contributed by atoms with Crippen LogP contribution in [0.4, 0.5) is 22.0 Å². The van der Waals surface area contributed by atoms with Crippen molar-refractivity contribution >= 4 is 32.3 Å². The maximum Gasteiger partial charge on any atom is 0.454 e. The van der Waals surface area contributed by atoms with Crippen LogP contribution in [-0.2, 0) is 39.1 Å². The molecule has 3 saturated carbocycles. The molecule has 7 nitrogen and oxygen atoms in total. The van der Waals surface area contributed by atoms with Gasteiger partial charge in [-0.15, -0.1) is 0 Å². The number of hydrogen-bond acceptors (Lipinski definition) is 7. The summed E-state index contributed by atoms with van der Waals surface area (Å²) in [6.07, 6.45) is -3.01. The number of halogens is 5. The number of carbonyl (C=O) groups is 1. The number of aliphatic hydroxyl groups is 1. The van der Waals surface area contributed by atoms with E-state index in [1.54, 1.807) is 35.9 Å². The Bertz CT molecular complexity index is 2390. The molecule has 0 amide bonds. The molecule has 8 unspecified atom stereocenters. The van der Waals surface area contributed by atoms with E-state index in [1.807, 2.05) is 69.3 Å². The van der Waals surface area contributed by atoms with E-state index in [9.17, 15) is 31.5 Å². The summed E-state index contributed by atoms with van der Waals surface area (Å²) in [4.78, 5) is 14.1. The molecule has 1 N–H and O–H groups in total. The van der Waals surface area contributed by atoms with Gasteiger partial charge in [0.25, 0.3) is 0 Å². The van der Waals surface area contributed by atoms with Gasteiger partial charge in [-0.2, -0.15) is 22.0 Å². The van der Waals surface area contributed by atoms with Crippen molar-refractivity contribution in [1.82, 2.24) is 0 Å². The number of fused-ring (bicyclic) bond motifs is 4. The smallest absolute Gasteiger partial charge is 0.385 e. The molecule has 63 heavy (non-hydrogen) atoms. The lowest BCUT2D eigenvalue weighted by atomic mass is 9.47. The van der Waals surface area contributed by atoms with Crippen LogP contribution in [0.3, 0.4) is 0 Å². The molecular weight excluding hydrogens is 860 g/mol. The number of carbonyl (C=O) groups excluding carboxylic acids is 1. The molecule has 342 valence electrons. The summed E-state index contributed by atoms with van der Waals surface area (Å²) >= 11 is -1.64. The Morgan fingerprint density at radius 3 is 2.11 bits per heavy atom. The van der Waals surface area contributed by atoms with E-state index in [0.717, 1.165) is 27.8 Å². The van der Waals surface area contributed by atoms with Gasteiger partial charge in [-0.25, -0.2) is 4.21 Å². The highest BCUT2D eigenvalue weighted by Crippen LogP contribution is 2.74. The Labute approximate surface area is 369 Å². The zero-order valence-corrected chi connectivity index (χ0v) is 38.0. The van der Waals surface area contributed by atoms with Crippen LogP contribution in [0.15, 0.2) is 93.7 Å². The summed E-state index contributed by atoms with van der Waals surface area (Å²) < 4.78 is 119. The average molecular weight is 917 g/mol. The van der Waals surface area contributed by atoms with E-state index in [2.05, 4.69) is 0 Å². The minimum Gasteiger partial charge on any atom is -0.385 e. The SMILES string of the molecule is Cc1ccc(S(=O)OCCC=S(C)(=O)c2ccc(-c3ccc(C4CC5(C)C(CCC5(C=O)C(F)(F)C(F)(F)F)C5CCC6(O)CC7(CCC6=C45)OCC(C)(C)CO7)cc3)cc2)cc1. The highest BCUT2D eigenvalue weighted by atomic mass is 32.2. The predicted octanol–water partition coefficient (Wildman–Crippen LogP) is 10.5. The van der Waals surface area contributed by atoms with Gasteiger partial charge in [0.05, 0.1) is 30.3 Å². The van der Waals surface area contributed by atoms with Crippen molar-refractivity contribution in [3.05, 3.63) is 95.1 Å². The first-order chi connectivity index (χ1) is 29.5. The van der Waals surface area contributed by atoms with E-state index < -0.39 is 79.1 Å². The van der Waals surface area contributed by atoms with Crippen LogP contribution in [0.5, 0.6) is 0 Å². The quantitative estimate of drug-likeness (QED) is 0.0711. The van der Waals surface area contributed by atoms with E-state index >= 15 is 8.78 Å². The molecule has 4 fully saturated rings. The van der Waals surface area contributed by atoms with Crippen molar-refractivity contribution in [3.8, 4) is 11.1 Å². The van der Waals surface area contributed by atoms with Crippen LogP contribution in [0, 0.1) is 35.0 Å². The summed E-state index contributed by atoms with van der Waals surface area (Å²) in [6.45, 7) is 8.54. The van der Waals surface area contributed by atoms with Crippen molar-refractivity contribution in [2.45, 2.75) is 125 Å². The Morgan fingerprint density at radius 2 is 1.51 bits per heavy atom. The van der Waals surface area contributed by atoms with Crippen molar-refractivity contribution in [1.29, 1.82) is 0 Å². The molecule has 1 saturated heterocycles. The first-order valence-electron chi connectivity index (χ1n) is 21.8. The second kappa shape index (κ2) is 16.3. The highest BCUT2D eigenvalue weighted by molar-refractivity contribution is 8.00. The second-order valence-corrected chi connectivity index (χ2v) is 23.6. The summed E-state index contributed by atoms with van der Waals surface area (Å²) in [6, 6.07) is 22.0. The van der Waals surface area contributed by atoms with Crippen molar-refractivity contribution in [2.24, 2.45) is 28.1 Å². The molecule has 1 aliphatic heterocycles. The van der Waals surface area contributed by atoms with Gasteiger partial charge in [0.2, 0.25) is 0 Å². The number of ether oxygens (including phenoxy) is 2. The van der Waals surface area contributed by atoms with Crippen molar-refractivity contribution in [2.75, 3.05) is 26.1 Å². The number of rotatable bonds is 10. The van der Waals surface area contributed by atoms with Gasteiger partial charge in [0.1, 0.15) is 11.7 Å². The molecular formula is C49H57F5O7S2. The number of allylic oxidation sites excluding steroid dienone is 1. The third-order valence-electron chi connectivity index (χ3n) is 15.2. The molecule has 4 aliphatic carbocycles. The molecule has 5 aliphatic rings. The highest BCUT2D eigenvalue weighted by Gasteiger charge is 2.79. The van der Waals surface area contributed by atoms with Crippen LogP contribution in [-0.4, -0.2) is 74.7 Å². The first-order valence-corrected chi connectivity index (χ1v) is 24.9. The molecule has 14 heteroatoms. The third-order valence-corrected chi connectivity index (χ3v) is 18.3. The Hall–Kier alpha value is -3.27. The number of benzene rings is 3. The predicted molar refractivity (Wildman–Crippen MR) is 233 cm³/mol. The number of alkyl halides is 5. The van der Waals surface area contributed by atoms with E-state index in [0.29, 0.717) is 54.3 Å². The van der Waals surface area contributed by atoms with Gasteiger partial charge in [-0.1, -0.05) is 80.4 Å². The Kier molecular flexibility index (Phi) is 11.9. The van der Waals surface area contributed by atoms with Crippen molar-refractivity contribution in [3.63, 3.8) is 0 Å². The normalized spacial score (nSPS) is 31.6. The molecule has 0 radical (unpaired) electrons. The summed E-state index contributed by atoms with van der Waals surface area (Å²) in [7, 11) is -2.58. The fourth-order valence-electron chi connectivity index (χ4n) is 11.7. The van der Waals surface area contributed by atoms with Gasteiger partial charge >= 0.3 is 12.1 Å². The topological polar surface area (TPSA) is 99.1 Å². The Balaban J connectivity index is 1.08. The second-order valence-electron chi connectivity index (χ2n) is 19.8. The minimum absolute atomic E-state index is 0.0400. The zero-order valence-electron chi connectivity index (χ0n) is 36.4. The molecule has 0 bridgehead atoms. The van der Waals surface area contributed by atoms with Crippen molar-refractivity contribution < 1.29 is 53.9 Å². The van der Waals surface area contributed by atoms with Crippen LogP contribution in [0.2, 0.25) is 0 Å². The summed E-state index contributed by atoms with van der Waals surface area (Å²) in [5, 5.41) is 14.2. The average Bonchev–Trinajstić information content (AvgIpc) is 3.56. The molecule has 1 spiro atoms. The third kappa shape index (κ3) is 8.00. The van der Waals surface area contributed by atoms with Gasteiger partial charge in [-0.3, -0.25) is 8.39 Å². The number of hydrogen-bond donors (Lipinski definition) is 1. The summed E-state index contributed by atoms with van der Waals surface area (Å²) in [5.74, 6) is -7.91. The van der Waals surface area contributed by atoms with Crippen LogP contribution in [0.1, 0.15) is 95.6 Å². The van der Waals surface area contributed by atoms with Gasteiger partial charge in [-0.05, 0) is 131 Å². The summed E-state index contributed by atoms with van der Waals surface area (Å²) in [5.41, 5.74) is -1.11. The molecule has 0 aromatic heterocycles. The van der Waals surface area contributed by atoms with E-state index in [1.165, 1.54) is 6.92 Å². The zero-order chi connectivity index (χ0) is 45.4. The monoisotopic (exact) mass is 916 g/mol. The number of aldehydes is 1. The first kappa shape index (κ1) is 46.3. The van der Waals surface area contributed by atoms with Gasteiger partial charge in [0.15, 0.2) is 16.9 Å². The molecule has 8 rings (SSSR count). The van der Waals surface area contributed by atoms with Crippen LogP contribution < -0.4 is 0 Å². The lowest BCUT2D eigenvalue weighted by Gasteiger charge is -2.59. The molecule has 3 aromatic rings.